The van der Waals surface area contributed by atoms with Crippen molar-refractivity contribution in [2.24, 2.45) is 0 Å². The van der Waals surface area contributed by atoms with E-state index in [4.69, 9.17) is 18.9 Å². The number of carbonyl (C=O) groups excluding carboxylic acids is 1. The highest BCUT2D eigenvalue weighted by Crippen LogP contribution is 2.22. The van der Waals surface area contributed by atoms with Gasteiger partial charge in [-0.05, 0) is 83.5 Å². The molecule has 1 rings (SSSR count). The van der Waals surface area contributed by atoms with Crippen LogP contribution in [0.4, 0.5) is 0 Å². The monoisotopic (exact) mass is 843 g/mol. The van der Waals surface area contributed by atoms with Crippen LogP contribution in [-0.4, -0.2) is 89.6 Å². The highest BCUT2D eigenvalue weighted by molar-refractivity contribution is 5.69. The van der Waals surface area contributed by atoms with Crippen molar-refractivity contribution >= 4 is 5.97 Å². The van der Waals surface area contributed by atoms with Crippen molar-refractivity contribution in [3.05, 3.63) is 85.1 Å². The van der Waals surface area contributed by atoms with Crippen LogP contribution >= 0.6 is 0 Å². The molecule has 60 heavy (non-hydrogen) atoms. The summed E-state index contributed by atoms with van der Waals surface area (Å²) in [4.78, 5) is 12.8. The summed E-state index contributed by atoms with van der Waals surface area (Å²) in [5.74, 6) is -0.330. The molecule has 0 bridgehead atoms. The maximum absolute atomic E-state index is 12.8. The lowest BCUT2D eigenvalue weighted by Crippen LogP contribution is -2.59. The lowest BCUT2D eigenvalue weighted by molar-refractivity contribution is -0.305. The van der Waals surface area contributed by atoms with Gasteiger partial charge in [0.15, 0.2) is 6.29 Å². The van der Waals surface area contributed by atoms with Crippen molar-refractivity contribution in [3.8, 4) is 0 Å². The molecule has 0 aliphatic carbocycles. The highest BCUT2D eigenvalue weighted by atomic mass is 16.7. The van der Waals surface area contributed by atoms with Crippen molar-refractivity contribution in [1.29, 1.82) is 0 Å². The molecule has 344 valence electrons. The van der Waals surface area contributed by atoms with Crippen LogP contribution in [-0.2, 0) is 23.7 Å². The molecular formula is C51H86O9. The van der Waals surface area contributed by atoms with E-state index >= 15 is 0 Å². The molecule has 1 aliphatic heterocycles. The van der Waals surface area contributed by atoms with E-state index in [2.05, 4.69) is 98.9 Å². The molecule has 0 saturated carbocycles. The summed E-state index contributed by atoms with van der Waals surface area (Å²) in [5.41, 5.74) is 0. The molecule has 0 aromatic carbocycles. The molecule has 0 amide bonds. The van der Waals surface area contributed by atoms with Gasteiger partial charge in [0, 0.05) is 13.0 Å². The first-order chi connectivity index (χ1) is 29.4. The smallest absolute Gasteiger partial charge is 0.306 e. The topological polar surface area (TPSA) is 135 Å². The lowest BCUT2D eigenvalue weighted by Gasteiger charge is -2.39. The first-order valence-electron chi connectivity index (χ1n) is 23.7. The summed E-state index contributed by atoms with van der Waals surface area (Å²) >= 11 is 0. The lowest BCUT2D eigenvalue weighted by atomic mass is 9.99. The first-order valence-corrected chi connectivity index (χ1v) is 23.7. The molecule has 0 aromatic heterocycles. The van der Waals surface area contributed by atoms with Crippen molar-refractivity contribution in [1.82, 2.24) is 0 Å². The quantitative estimate of drug-likeness (QED) is 0.0271. The standard InChI is InChI=1S/C51H86O9/c1-3-5-7-9-11-13-15-17-19-20-21-22-23-24-25-26-27-28-30-32-34-36-38-40-47(53)59-45(44-58-51-50(56)49(55)48(54)46(42-52)60-51)43-57-41-39-37-35-33-31-29-18-16-14-12-10-8-6-4-2/h5-8,11-14,17-19,21-22,29,45-46,48-52,54-56H,3-4,9-10,15-16,20,23-28,30-44H2,1-2H3/b7-5-,8-6-,13-11-,14-12-,19-17-,22-21-,29-18-. The van der Waals surface area contributed by atoms with Crippen LogP contribution < -0.4 is 0 Å². The number of rotatable bonds is 39. The van der Waals surface area contributed by atoms with E-state index in [1.807, 2.05) is 0 Å². The first kappa shape index (κ1) is 55.4. The predicted molar refractivity (Wildman–Crippen MR) is 247 cm³/mol. The Morgan fingerprint density at radius 2 is 0.967 bits per heavy atom. The van der Waals surface area contributed by atoms with Gasteiger partial charge in [0.2, 0.25) is 0 Å². The molecule has 1 fully saturated rings. The Balaban J connectivity index is 2.24. The van der Waals surface area contributed by atoms with Crippen LogP contribution in [0.2, 0.25) is 0 Å². The van der Waals surface area contributed by atoms with E-state index in [0.717, 1.165) is 103 Å². The highest BCUT2D eigenvalue weighted by Gasteiger charge is 2.44. The molecule has 1 aliphatic rings. The molecule has 6 atom stereocenters. The Morgan fingerprint density at radius 1 is 0.533 bits per heavy atom. The van der Waals surface area contributed by atoms with Gasteiger partial charge < -0.3 is 39.4 Å². The molecule has 0 aromatic rings. The zero-order chi connectivity index (χ0) is 43.6. The summed E-state index contributed by atoms with van der Waals surface area (Å²) in [6, 6.07) is 0. The number of aliphatic hydroxyl groups is 4. The number of ether oxygens (including phenoxy) is 4. The van der Waals surface area contributed by atoms with Crippen LogP contribution in [0.5, 0.6) is 0 Å². The van der Waals surface area contributed by atoms with E-state index in [1.54, 1.807) is 0 Å². The van der Waals surface area contributed by atoms with Crippen LogP contribution in [0.1, 0.15) is 168 Å². The maximum atomic E-state index is 12.8. The second kappa shape index (κ2) is 41.7. The minimum Gasteiger partial charge on any atom is -0.457 e. The minimum atomic E-state index is -1.55. The molecule has 9 heteroatoms. The predicted octanol–water partition coefficient (Wildman–Crippen LogP) is 11.0. The number of hydrogen-bond donors (Lipinski definition) is 4. The summed E-state index contributed by atoms with van der Waals surface area (Å²) in [6.07, 6.45) is 49.0. The Morgan fingerprint density at radius 3 is 1.45 bits per heavy atom. The van der Waals surface area contributed by atoms with Crippen molar-refractivity contribution in [2.75, 3.05) is 26.4 Å². The number of unbranched alkanes of at least 4 members (excludes halogenated alkanes) is 14. The molecule has 1 saturated heterocycles. The second-order valence-electron chi connectivity index (χ2n) is 15.8. The average molecular weight is 843 g/mol. The van der Waals surface area contributed by atoms with Crippen molar-refractivity contribution in [3.63, 3.8) is 0 Å². The van der Waals surface area contributed by atoms with E-state index < -0.39 is 43.4 Å². The summed E-state index contributed by atoms with van der Waals surface area (Å²) < 4.78 is 22.8. The van der Waals surface area contributed by atoms with Gasteiger partial charge in [-0.25, -0.2) is 0 Å². The Kier molecular flexibility index (Phi) is 38.5. The Labute approximate surface area is 365 Å². The molecule has 1 heterocycles. The summed E-state index contributed by atoms with van der Waals surface area (Å²) in [7, 11) is 0. The van der Waals surface area contributed by atoms with Gasteiger partial charge in [-0.1, -0.05) is 163 Å². The Hall–Kier alpha value is -2.63. The van der Waals surface area contributed by atoms with Gasteiger partial charge >= 0.3 is 5.97 Å². The number of esters is 1. The normalized spacial score (nSPS) is 20.8. The van der Waals surface area contributed by atoms with Gasteiger partial charge in [0.1, 0.15) is 30.5 Å². The van der Waals surface area contributed by atoms with Gasteiger partial charge in [-0.15, -0.1) is 0 Å². The van der Waals surface area contributed by atoms with Crippen molar-refractivity contribution in [2.45, 2.75) is 205 Å². The van der Waals surface area contributed by atoms with E-state index in [0.29, 0.717) is 13.0 Å². The molecule has 4 N–H and O–H groups in total. The molecule has 0 spiro atoms. The third-order valence-corrected chi connectivity index (χ3v) is 10.3. The summed E-state index contributed by atoms with van der Waals surface area (Å²) in [6.45, 7) is 4.26. The van der Waals surface area contributed by atoms with Crippen LogP contribution in [0.3, 0.4) is 0 Å². The van der Waals surface area contributed by atoms with E-state index in [9.17, 15) is 25.2 Å². The third kappa shape index (κ3) is 32.1. The Bertz CT molecular complexity index is 1190. The fourth-order valence-corrected chi connectivity index (χ4v) is 6.67. The zero-order valence-electron chi connectivity index (χ0n) is 37.7. The second-order valence-corrected chi connectivity index (χ2v) is 15.8. The number of hydrogen-bond acceptors (Lipinski definition) is 9. The number of allylic oxidation sites excluding steroid dienone is 14. The van der Waals surface area contributed by atoms with E-state index in [1.165, 1.54) is 44.9 Å². The van der Waals surface area contributed by atoms with Crippen LogP contribution in [0, 0.1) is 0 Å². The van der Waals surface area contributed by atoms with Gasteiger partial charge in [-0.2, -0.15) is 0 Å². The average Bonchev–Trinajstić information content (AvgIpc) is 3.25. The van der Waals surface area contributed by atoms with Crippen LogP contribution in [0.25, 0.3) is 0 Å². The third-order valence-electron chi connectivity index (χ3n) is 10.3. The zero-order valence-corrected chi connectivity index (χ0v) is 37.7. The minimum absolute atomic E-state index is 0.123. The molecule has 9 nitrogen and oxygen atoms in total. The number of aliphatic hydroxyl groups excluding tert-OH is 4. The molecule has 6 unspecified atom stereocenters. The largest absolute Gasteiger partial charge is 0.457 e. The fourth-order valence-electron chi connectivity index (χ4n) is 6.67. The number of carbonyl (C=O) groups is 1. The fraction of sp³-hybridized carbons (Fsp3) is 0.706. The molecular weight excluding hydrogens is 757 g/mol. The van der Waals surface area contributed by atoms with Crippen LogP contribution in [0.15, 0.2) is 85.1 Å². The van der Waals surface area contributed by atoms with Crippen molar-refractivity contribution < 1.29 is 44.2 Å². The van der Waals surface area contributed by atoms with Gasteiger partial charge in [0.25, 0.3) is 0 Å². The van der Waals surface area contributed by atoms with Gasteiger partial charge in [0.05, 0.1) is 19.8 Å². The SMILES string of the molecule is CC/C=C\C/C=C\C/C=C\C/C=C\CCCCCCCCCCCCC(=O)OC(COCCCCCC/C=C\C/C=C\C/C=C\CC)COC1OC(CO)C(O)C(O)C1O. The van der Waals surface area contributed by atoms with Gasteiger partial charge in [-0.3, -0.25) is 4.79 Å². The molecule has 0 radical (unpaired) electrons. The van der Waals surface area contributed by atoms with E-state index in [-0.39, 0.29) is 19.2 Å². The summed E-state index contributed by atoms with van der Waals surface area (Å²) in [5, 5.41) is 40.2. The maximum Gasteiger partial charge on any atom is 0.306 e.